The van der Waals surface area contributed by atoms with Crippen LogP contribution >= 0.6 is 0 Å². The zero-order valence-electron chi connectivity index (χ0n) is 15.3. The van der Waals surface area contributed by atoms with E-state index in [1.54, 1.807) is 36.4 Å². The number of anilines is 1. The predicted molar refractivity (Wildman–Crippen MR) is 104 cm³/mol. The van der Waals surface area contributed by atoms with Crippen molar-refractivity contribution in [1.29, 1.82) is 0 Å². The summed E-state index contributed by atoms with van der Waals surface area (Å²) in [6, 6.07) is 13.8. The molecule has 0 unspecified atom stereocenters. The van der Waals surface area contributed by atoms with Gasteiger partial charge in [-0.2, -0.15) is 0 Å². The Hall–Kier alpha value is -3.41. The molecule has 2 aromatic rings. The van der Waals surface area contributed by atoms with Gasteiger partial charge < -0.3 is 10.6 Å². The van der Waals surface area contributed by atoms with E-state index in [1.165, 1.54) is 4.90 Å². The Labute approximate surface area is 157 Å². The smallest absolute Gasteiger partial charge is 0.259 e. The summed E-state index contributed by atoms with van der Waals surface area (Å²) in [4.78, 5) is 38.1. The lowest BCUT2D eigenvalue weighted by Crippen LogP contribution is -2.32. The summed E-state index contributed by atoms with van der Waals surface area (Å²) in [6.45, 7) is 7.57. The van der Waals surface area contributed by atoms with Gasteiger partial charge in [-0.15, -0.1) is 0 Å². The van der Waals surface area contributed by atoms with Crippen LogP contribution in [0, 0.1) is 0 Å². The van der Waals surface area contributed by atoms with E-state index in [0.717, 1.165) is 5.56 Å². The summed E-state index contributed by atoms with van der Waals surface area (Å²) in [7, 11) is 0. The van der Waals surface area contributed by atoms with Crippen molar-refractivity contribution in [2.24, 2.45) is 0 Å². The fraction of sp³-hybridized carbons (Fsp3) is 0.190. The maximum Gasteiger partial charge on any atom is 0.259 e. The second-order valence-corrected chi connectivity index (χ2v) is 6.64. The van der Waals surface area contributed by atoms with Gasteiger partial charge in [-0.25, -0.2) is 0 Å². The molecule has 3 rings (SSSR count). The Kier molecular flexibility index (Phi) is 5.07. The number of hydrogen-bond donors (Lipinski definition) is 2. The molecule has 27 heavy (non-hydrogen) atoms. The first kappa shape index (κ1) is 18.4. The molecular weight excluding hydrogens is 342 g/mol. The van der Waals surface area contributed by atoms with Gasteiger partial charge in [-0.05, 0) is 44.2 Å². The number of rotatable bonds is 5. The monoisotopic (exact) mass is 363 g/mol. The highest BCUT2D eigenvalue weighted by Gasteiger charge is 2.31. The average Bonchev–Trinajstić information content (AvgIpc) is 2.87. The van der Waals surface area contributed by atoms with E-state index in [1.807, 2.05) is 26.0 Å². The molecular formula is C21H21N3O3. The molecule has 0 aromatic heterocycles. The van der Waals surface area contributed by atoms with Crippen LogP contribution in [0.15, 0.2) is 55.1 Å². The van der Waals surface area contributed by atoms with Crippen molar-refractivity contribution in [1.82, 2.24) is 10.2 Å². The molecule has 2 N–H and O–H groups in total. The molecule has 0 bridgehead atoms. The number of carbonyl (C=O) groups excluding carboxylic acids is 3. The number of amides is 3. The Balaban J connectivity index is 1.63. The first-order chi connectivity index (χ1) is 12.9. The van der Waals surface area contributed by atoms with Crippen LogP contribution < -0.4 is 10.6 Å². The molecule has 0 aliphatic carbocycles. The van der Waals surface area contributed by atoms with E-state index in [9.17, 15) is 14.4 Å². The van der Waals surface area contributed by atoms with E-state index in [4.69, 9.17) is 0 Å². The van der Waals surface area contributed by atoms with Gasteiger partial charge in [-0.3, -0.25) is 19.3 Å². The number of nitrogens with one attached hydrogen (secondary N) is 2. The van der Waals surface area contributed by atoms with Gasteiger partial charge in [0.1, 0.15) is 6.54 Å². The van der Waals surface area contributed by atoms with E-state index < -0.39 is 0 Å². The number of benzene rings is 2. The van der Waals surface area contributed by atoms with Crippen molar-refractivity contribution in [3.05, 3.63) is 71.8 Å². The molecule has 0 saturated heterocycles. The molecule has 6 heteroatoms. The van der Waals surface area contributed by atoms with Gasteiger partial charge in [-0.1, -0.05) is 24.8 Å². The first-order valence-corrected chi connectivity index (χ1v) is 8.68. The molecule has 1 heterocycles. The van der Waals surface area contributed by atoms with Crippen LogP contribution in [0.1, 0.15) is 40.1 Å². The maximum absolute atomic E-state index is 12.4. The van der Waals surface area contributed by atoms with Gasteiger partial charge >= 0.3 is 0 Å². The number of hydrogen-bond acceptors (Lipinski definition) is 3. The second-order valence-electron chi connectivity index (χ2n) is 6.64. The minimum Gasteiger partial charge on any atom is -0.350 e. The molecule has 2 aromatic carbocycles. The topological polar surface area (TPSA) is 78.5 Å². The number of fused-ring (bicyclic) bond motifs is 1. The molecule has 0 saturated carbocycles. The molecule has 0 atom stereocenters. The second kappa shape index (κ2) is 7.45. The highest BCUT2D eigenvalue weighted by molar-refractivity contribution is 6.11. The van der Waals surface area contributed by atoms with E-state index in [-0.39, 0.29) is 30.3 Å². The van der Waals surface area contributed by atoms with Gasteiger partial charge in [0.25, 0.3) is 11.8 Å². The molecule has 0 spiro atoms. The van der Waals surface area contributed by atoms with Crippen molar-refractivity contribution >= 4 is 29.1 Å². The minimum absolute atomic E-state index is 0.0482. The fourth-order valence-corrected chi connectivity index (χ4v) is 2.90. The van der Waals surface area contributed by atoms with Crippen LogP contribution in [0.2, 0.25) is 0 Å². The lowest BCUT2D eigenvalue weighted by molar-refractivity contribution is -0.116. The maximum atomic E-state index is 12.4. The molecule has 3 amide bonds. The largest absolute Gasteiger partial charge is 0.350 e. The van der Waals surface area contributed by atoms with Crippen LogP contribution in [0.4, 0.5) is 5.69 Å². The van der Waals surface area contributed by atoms with Crippen molar-refractivity contribution < 1.29 is 14.4 Å². The highest BCUT2D eigenvalue weighted by Crippen LogP contribution is 2.30. The Bertz CT molecular complexity index is 882. The Morgan fingerprint density at radius 3 is 2.26 bits per heavy atom. The summed E-state index contributed by atoms with van der Waals surface area (Å²) in [5.74, 6) is -0.734. The van der Waals surface area contributed by atoms with Crippen LogP contribution in [-0.4, -0.2) is 35.2 Å². The van der Waals surface area contributed by atoms with Gasteiger partial charge in [0.15, 0.2) is 0 Å². The molecule has 6 nitrogen and oxygen atoms in total. The summed E-state index contributed by atoms with van der Waals surface area (Å²) in [6.07, 6.45) is 0. The van der Waals surface area contributed by atoms with Crippen LogP contribution in [0.3, 0.4) is 0 Å². The lowest BCUT2D eigenvalue weighted by Gasteiger charge is -2.17. The Morgan fingerprint density at radius 2 is 1.67 bits per heavy atom. The van der Waals surface area contributed by atoms with Crippen LogP contribution in [0.25, 0.3) is 5.70 Å². The number of nitrogens with zero attached hydrogens (tertiary/aromatic N) is 1. The average molecular weight is 363 g/mol. The van der Waals surface area contributed by atoms with Gasteiger partial charge in [0.05, 0.1) is 0 Å². The lowest BCUT2D eigenvalue weighted by atomic mass is 10.1. The summed E-state index contributed by atoms with van der Waals surface area (Å²) in [5, 5.41) is 5.54. The highest BCUT2D eigenvalue weighted by atomic mass is 16.2. The van der Waals surface area contributed by atoms with Crippen molar-refractivity contribution in [3.63, 3.8) is 0 Å². The van der Waals surface area contributed by atoms with Crippen molar-refractivity contribution in [3.8, 4) is 0 Å². The standard InChI is InChI=1S/C21H21N3O3/c1-13(2)22-20(26)15-8-10-16(11-9-15)23-19(25)12-24-14(3)17-6-4-5-7-18(17)21(24)27/h4-11,13H,3,12H2,1-2H3,(H,22,26)(H,23,25). The fourth-order valence-electron chi connectivity index (χ4n) is 2.90. The van der Waals surface area contributed by atoms with Crippen molar-refractivity contribution in [2.45, 2.75) is 19.9 Å². The number of carbonyl (C=O) groups is 3. The molecule has 1 aliphatic heterocycles. The molecule has 1 aliphatic rings. The van der Waals surface area contributed by atoms with Gasteiger partial charge in [0.2, 0.25) is 5.91 Å². The van der Waals surface area contributed by atoms with Crippen LogP contribution in [-0.2, 0) is 4.79 Å². The quantitative estimate of drug-likeness (QED) is 0.857. The predicted octanol–water partition coefficient (Wildman–Crippen LogP) is 2.89. The third-order valence-electron chi connectivity index (χ3n) is 4.19. The third-order valence-corrected chi connectivity index (χ3v) is 4.19. The van der Waals surface area contributed by atoms with E-state index in [2.05, 4.69) is 17.2 Å². The minimum atomic E-state index is -0.336. The zero-order chi connectivity index (χ0) is 19.6. The SMILES string of the molecule is C=C1c2ccccc2C(=O)N1CC(=O)Nc1ccc(C(=O)NC(C)C)cc1. The van der Waals surface area contributed by atoms with Crippen molar-refractivity contribution in [2.75, 3.05) is 11.9 Å². The summed E-state index contributed by atoms with van der Waals surface area (Å²) >= 11 is 0. The zero-order valence-corrected chi connectivity index (χ0v) is 15.3. The van der Waals surface area contributed by atoms with Gasteiger partial charge in [0, 0.05) is 34.1 Å². The normalized spacial score (nSPS) is 12.9. The molecule has 0 fully saturated rings. The van der Waals surface area contributed by atoms with E-state index >= 15 is 0 Å². The van der Waals surface area contributed by atoms with E-state index in [0.29, 0.717) is 22.5 Å². The van der Waals surface area contributed by atoms with Crippen LogP contribution in [0.5, 0.6) is 0 Å². The first-order valence-electron chi connectivity index (χ1n) is 8.68. The summed E-state index contributed by atoms with van der Waals surface area (Å²) in [5.41, 5.74) is 2.88. The summed E-state index contributed by atoms with van der Waals surface area (Å²) < 4.78 is 0. The third kappa shape index (κ3) is 3.89. The Morgan fingerprint density at radius 1 is 1.04 bits per heavy atom. The molecule has 0 radical (unpaired) electrons. The molecule has 138 valence electrons.